The number of alkyl halides is 1. The number of amides is 1. The van der Waals surface area contributed by atoms with Crippen molar-refractivity contribution in [1.29, 1.82) is 0 Å². The Labute approximate surface area is 114 Å². The summed E-state index contributed by atoms with van der Waals surface area (Å²) in [7, 11) is 3.33. The van der Waals surface area contributed by atoms with E-state index in [1.165, 1.54) is 4.90 Å². The van der Waals surface area contributed by atoms with Crippen molar-refractivity contribution in [1.82, 2.24) is 4.90 Å². The second-order valence-electron chi connectivity index (χ2n) is 4.70. The number of carbonyl (C=O) groups is 1. The molecule has 4 heteroatoms. The Balaban J connectivity index is 3.34. The molecule has 0 saturated carbocycles. The first-order chi connectivity index (χ1) is 8.31. The number of carbonyl (C=O) groups excluding carboxylic acids is 1. The summed E-state index contributed by atoms with van der Waals surface area (Å²) in [5.41, 5.74) is 5.26. The van der Waals surface area contributed by atoms with Crippen LogP contribution in [0.4, 0.5) is 4.79 Å². The molecule has 0 aliphatic rings. The Morgan fingerprint density at radius 1 is 1.06 bits per heavy atom. The fourth-order valence-corrected chi connectivity index (χ4v) is 2.29. The van der Waals surface area contributed by atoms with Crippen LogP contribution < -0.4 is 4.74 Å². The van der Waals surface area contributed by atoms with Gasteiger partial charge in [-0.2, -0.15) is 0 Å². The highest BCUT2D eigenvalue weighted by Crippen LogP contribution is 2.33. The summed E-state index contributed by atoms with van der Waals surface area (Å²) in [5.74, 6) is 1.12. The Morgan fingerprint density at radius 2 is 1.50 bits per heavy atom. The van der Waals surface area contributed by atoms with E-state index in [-0.39, 0.29) is 6.09 Å². The van der Waals surface area contributed by atoms with E-state index in [0.29, 0.717) is 11.6 Å². The van der Waals surface area contributed by atoms with Crippen LogP contribution in [-0.4, -0.2) is 25.1 Å². The number of halogens is 1. The van der Waals surface area contributed by atoms with E-state index in [4.69, 9.17) is 16.3 Å². The van der Waals surface area contributed by atoms with Crippen molar-refractivity contribution in [2.24, 2.45) is 0 Å². The van der Waals surface area contributed by atoms with E-state index >= 15 is 0 Å². The zero-order valence-corrected chi connectivity index (χ0v) is 12.6. The highest BCUT2D eigenvalue weighted by atomic mass is 35.5. The van der Waals surface area contributed by atoms with Crippen molar-refractivity contribution in [2.75, 3.05) is 14.1 Å². The monoisotopic (exact) mass is 269 g/mol. The second-order valence-corrected chi connectivity index (χ2v) is 4.97. The first kappa shape index (κ1) is 14.8. The minimum Gasteiger partial charge on any atom is -0.410 e. The fraction of sp³-hybridized carbons (Fsp3) is 0.500. The van der Waals surface area contributed by atoms with Crippen molar-refractivity contribution in [3.8, 4) is 5.75 Å². The molecular weight excluding hydrogens is 250 g/mol. The molecular formula is C14H20ClNO2. The van der Waals surface area contributed by atoms with Gasteiger partial charge in [-0.3, -0.25) is 0 Å². The number of hydrogen-bond donors (Lipinski definition) is 0. The van der Waals surface area contributed by atoms with Gasteiger partial charge in [0.15, 0.2) is 0 Å². The summed E-state index contributed by atoms with van der Waals surface area (Å²) in [6.07, 6.45) is -0.362. The maximum Gasteiger partial charge on any atom is 0.414 e. The molecule has 0 unspecified atom stereocenters. The predicted octanol–water partition coefficient (Wildman–Crippen LogP) is 3.72. The first-order valence-electron chi connectivity index (χ1n) is 5.85. The molecule has 0 atom stereocenters. The van der Waals surface area contributed by atoms with E-state index in [0.717, 1.165) is 27.8 Å². The van der Waals surface area contributed by atoms with Gasteiger partial charge in [0.05, 0.1) is 0 Å². The van der Waals surface area contributed by atoms with E-state index in [2.05, 4.69) is 0 Å². The van der Waals surface area contributed by atoms with Crippen molar-refractivity contribution >= 4 is 17.7 Å². The molecule has 1 aromatic rings. The van der Waals surface area contributed by atoms with E-state index < -0.39 is 0 Å². The van der Waals surface area contributed by atoms with Gasteiger partial charge in [0.25, 0.3) is 0 Å². The standard InChI is InChI=1S/C14H20ClNO2/c1-8-10(3)13(18-14(17)16(5)6)11(4)9(2)12(8)7-15/h7H2,1-6H3. The van der Waals surface area contributed by atoms with Crippen molar-refractivity contribution in [3.63, 3.8) is 0 Å². The third-order valence-corrected chi connectivity index (χ3v) is 3.67. The van der Waals surface area contributed by atoms with E-state index in [1.807, 2.05) is 27.7 Å². The Morgan fingerprint density at radius 3 is 1.83 bits per heavy atom. The average molecular weight is 270 g/mol. The van der Waals surface area contributed by atoms with Gasteiger partial charge in [-0.1, -0.05) is 0 Å². The minimum absolute atomic E-state index is 0.362. The maximum absolute atomic E-state index is 11.7. The van der Waals surface area contributed by atoms with Crippen molar-refractivity contribution in [2.45, 2.75) is 33.6 Å². The average Bonchev–Trinajstić information content (AvgIpc) is 2.32. The summed E-state index contributed by atoms with van der Waals surface area (Å²) >= 11 is 5.97. The largest absolute Gasteiger partial charge is 0.414 e. The summed E-state index contributed by atoms with van der Waals surface area (Å²) < 4.78 is 5.44. The Hall–Kier alpha value is -1.22. The lowest BCUT2D eigenvalue weighted by molar-refractivity contribution is 0.171. The first-order valence-corrected chi connectivity index (χ1v) is 6.39. The van der Waals surface area contributed by atoms with Gasteiger partial charge < -0.3 is 9.64 Å². The third kappa shape index (κ3) is 2.61. The van der Waals surface area contributed by atoms with Crippen LogP contribution in [0.15, 0.2) is 0 Å². The Kier molecular flexibility index (Phi) is 4.63. The molecule has 1 rings (SSSR count). The van der Waals surface area contributed by atoms with Gasteiger partial charge in [0.2, 0.25) is 0 Å². The number of hydrogen-bond acceptors (Lipinski definition) is 2. The van der Waals surface area contributed by atoms with Crippen LogP contribution in [0.1, 0.15) is 27.8 Å². The summed E-state index contributed by atoms with van der Waals surface area (Å²) in [5, 5.41) is 0. The SMILES string of the molecule is Cc1c(C)c(OC(=O)N(C)C)c(C)c(C)c1CCl. The highest BCUT2D eigenvalue weighted by Gasteiger charge is 2.18. The highest BCUT2D eigenvalue weighted by molar-refractivity contribution is 6.17. The molecule has 0 spiro atoms. The second kappa shape index (κ2) is 5.61. The predicted molar refractivity (Wildman–Crippen MR) is 74.7 cm³/mol. The van der Waals surface area contributed by atoms with Crippen LogP contribution in [0.2, 0.25) is 0 Å². The molecule has 0 bridgehead atoms. The zero-order chi connectivity index (χ0) is 14.0. The van der Waals surface area contributed by atoms with Crippen LogP contribution in [0.25, 0.3) is 0 Å². The quantitative estimate of drug-likeness (QED) is 0.766. The Bertz CT molecular complexity index is 452. The van der Waals surface area contributed by atoms with Gasteiger partial charge in [0, 0.05) is 20.0 Å². The van der Waals surface area contributed by atoms with Gasteiger partial charge in [-0.15, -0.1) is 11.6 Å². The summed E-state index contributed by atoms with van der Waals surface area (Å²) in [4.78, 5) is 13.1. The van der Waals surface area contributed by atoms with Gasteiger partial charge in [-0.05, 0) is 55.5 Å². The fourth-order valence-electron chi connectivity index (χ4n) is 1.89. The smallest absolute Gasteiger partial charge is 0.410 e. The number of rotatable bonds is 2. The lowest BCUT2D eigenvalue weighted by Crippen LogP contribution is -2.26. The number of ether oxygens (including phenoxy) is 1. The van der Waals surface area contributed by atoms with Crippen molar-refractivity contribution < 1.29 is 9.53 Å². The van der Waals surface area contributed by atoms with Crippen LogP contribution in [0.3, 0.4) is 0 Å². The van der Waals surface area contributed by atoms with Crippen LogP contribution >= 0.6 is 11.6 Å². The van der Waals surface area contributed by atoms with Crippen LogP contribution in [0, 0.1) is 27.7 Å². The lowest BCUT2D eigenvalue weighted by Gasteiger charge is -2.20. The molecule has 0 radical (unpaired) electrons. The lowest BCUT2D eigenvalue weighted by atomic mass is 9.94. The van der Waals surface area contributed by atoms with Gasteiger partial charge >= 0.3 is 6.09 Å². The van der Waals surface area contributed by atoms with E-state index in [9.17, 15) is 4.79 Å². The molecule has 0 fully saturated rings. The third-order valence-electron chi connectivity index (χ3n) is 3.40. The molecule has 1 amide bonds. The van der Waals surface area contributed by atoms with Gasteiger partial charge in [-0.25, -0.2) is 4.79 Å². The maximum atomic E-state index is 11.7. The van der Waals surface area contributed by atoms with Gasteiger partial charge in [0.1, 0.15) is 5.75 Å². The molecule has 3 nitrogen and oxygen atoms in total. The van der Waals surface area contributed by atoms with Crippen LogP contribution in [0.5, 0.6) is 5.75 Å². The zero-order valence-electron chi connectivity index (χ0n) is 11.8. The molecule has 0 N–H and O–H groups in total. The molecule has 0 aliphatic heterocycles. The van der Waals surface area contributed by atoms with E-state index in [1.54, 1.807) is 14.1 Å². The summed E-state index contributed by atoms with van der Waals surface area (Å²) in [6, 6.07) is 0. The molecule has 18 heavy (non-hydrogen) atoms. The number of nitrogens with zero attached hydrogens (tertiary/aromatic N) is 1. The molecule has 0 aromatic heterocycles. The topological polar surface area (TPSA) is 29.5 Å². The summed E-state index contributed by atoms with van der Waals surface area (Å²) in [6.45, 7) is 7.92. The number of benzene rings is 1. The molecule has 0 heterocycles. The van der Waals surface area contributed by atoms with Crippen LogP contribution in [-0.2, 0) is 5.88 Å². The minimum atomic E-state index is -0.362. The molecule has 0 saturated heterocycles. The molecule has 1 aromatic carbocycles. The van der Waals surface area contributed by atoms with Crippen molar-refractivity contribution in [3.05, 3.63) is 27.8 Å². The molecule has 0 aliphatic carbocycles. The molecule has 100 valence electrons. The normalized spacial score (nSPS) is 10.4.